The van der Waals surface area contributed by atoms with Gasteiger partial charge >= 0.3 is 0 Å². The molecule has 0 aliphatic heterocycles. The molecule has 3 heteroatoms. The van der Waals surface area contributed by atoms with E-state index < -0.39 is 0 Å². The van der Waals surface area contributed by atoms with E-state index in [1.165, 1.54) is 16.6 Å². The zero-order chi connectivity index (χ0) is 13.9. The lowest BCUT2D eigenvalue weighted by Crippen LogP contribution is -3.00. The first-order valence-corrected chi connectivity index (χ1v) is 6.93. The molecular weight excluding hydrogens is 393 g/mol. The Morgan fingerprint density at radius 3 is 2.33 bits per heavy atom. The predicted molar refractivity (Wildman–Crippen MR) is 85.5 cm³/mol. The topological polar surface area (TPSA) is 3.88 Å². The van der Waals surface area contributed by atoms with Gasteiger partial charge in [-0.1, -0.05) is 35.9 Å². The number of aromatic nitrogens is 1. The SMILES string of the molecule is C[n+]1c(/C=C/c2ccc(Cl)cc2)ccc2ccccc21.[I-]. The van der Waals surface area contributed by atoms with E-state index in [1.54, 1.807) is 0 Å². The van der Waals surface area contributed by atoms with Crippen molar-refractivity contribution in [2.45, 2.75) is 0 Å². The van der Waals surface area contributed by atoms with Crippen LogP contribution in [0, 0.1) is 0 Å². The van der Waals surface area contributed by atoms with E-state index in [-0.39, 0.29) is 24.0 Å². The summed E-state index contributed by atoms with van der Waals surface area (Å²) in [4.78, 5) is 0. The number of rotatable bonds is 2. The second-order valence-electron chi connectivity index (χ2n) is 4.76. The minimum atomic E-state index is 0. The van der Waals surface area contributed by atoms with Crippen molar-refractivity contribution in [3.05, 3.63) is 76.9 Å². The standard InChI is InChI=1S/C18H15ClN.HI/c1-20-17(12-8-14-6-10-16(19)11-7-14)13-9-15-4-2-3-5-18(15)20;/h2-13H,1H3;1H/q+1;/p-1/b12-8+;. The Morgan fingerprint density at radius 1 is 0.857 bits per heavy atom. The van der Waals surface area contributed by atoms with Crippen molar-refractivity contribution in [1.29, 1.82) is 0 Å². The molecule has 0 saturated heterocycles. The summed E-state index contributed by atoms with van der Waals surface area (Å²) in [6.07, 6.45) is 4.22. The number of fused-ring (bicyclic) bond motifs is 1. The van der Waals surface area contributed by atoms with Gasteiger partial charge in [-0.25, -0.2) is 0 Å². The van der Waals surface area contributed by atoms with Crippen LogP contribution in [0.2, 0.25) is 5.02 Å². The number of nitrogens with zero attached hydrogens (tertiary/aromatic N) is 1. The van der Waals surface area contributed by atoms with Crippen molar-refractivity contribution in [3.63, 3.8) is 0 Å². The van der Waals surface area contributed by atoms with Gasteiger partial charge in [0, 0.05) is 28.6 Å². The van der Waals surface area contributed by atoms with E-state index in [0.29, 0.717) is 0 Å². The van der Waals surface area contributed by atoms with Gasteiger partial charge in [-0.2, -0.15) is 4.57 Å². The van der Waals surface area contributed by atoms with E-state index in [1.807, 2.05) is 24.3 Å². The molecule has 0 N–H and O–H groups in total. The number of benzene rings is 2. The average Bonchev–Trinajstić information content (AvgIpc) is 2.49. The molecule has 0 atom stereocenters. The van der Waals surface area contributed by atoms with Crippen LogP contribution in [0.3, 0.4) is 0 Å². The molecule has 0 saturated carbocycles. The molecule has 1 heterocycles. The van der Waals surface area contributed by atoms with Gasteiger partial charge in [-0.05, 0) is 35.9 Å². The van der Waals surface area contributed by atoms with Crippen molar-refractivity contribution in [2.24, 2.45) is 7.05 Å². The minimum absolute atomic E-state index is 0. The second-order valence-corrected chi connectivity index (χ2v) is 5.20. The molecule has 0 fully saturated rings. The van der Waals surface area contributed by atoms with Crippen molar-refractivity contribution in [1.82, 2.24) is 0 Å². The number of pyridine rings is 1. The Hall–Kier alpha value is -1.39. The van der Waals surface area contributed by atoms with Gasteiger partial charge < -0.3 is 24.0 Å². The third-order valence-corrected chi connectivity index (χ3v) is 3.69. The highest BCUT2D eigenvalue weighted by Gasteiger charge is 2.07. The fourth-order valence-corrected chi connectivity index (χ4v) is 2.41. The maximum atomic E-state index is 5.89. The van der Waals surface area contributed by atoms with Crippen LogP contribution in [0.1, 0.15) is 11.3 Å². The molecule has 0 aliphatic carbocycles. The van der Waals surface area contributed by atoms with Crippen LogP contribution in [-0.2, 0) is 7.05 Å². The Kier molecular flexibility index (Phi) is 5.37. The van der Waals surface area contributed by atoms with E-state index >= 15 is 0 Å². The molecule has 3 rings (SSSR count). The van der Waals surface area contributed by atoms with Crippen LogP contribution in [-0.4, -0.2) is 0 Å². The number of halogens is 2. The minimum Gasteiger partial charge on any atom is -1.00 e. The molecular formula is C18H15ClIN. The molecule has 2 aromatic carbocycles. The summed E-state index contributed by atoms with van der Waals surface area (Å²) in [5, 5.41) is 2.01. The quantitative estimate of drug-likeness (QED) is 0.448. The van der Waals surface area contributed by atoms with Crippen molar-refractivity contribution >= 4 is 34.7 Å². The lowest BCUT2D eigenvalue weighted by Gasteiger charge is -1.99. The van der Waals surface area contributed by atoms with Crippen LogP contribution >= 0.6 is 11.6 Å². The van der Waals surface area contributed by atoms with E-state index in [2.05, 4.69) is 60.2 Å². The summed E-state index contributed by atoms with van der Waals surface area (Å²) in [5.41, 5.74) is 3.53. The van der Waals surface area contributed by atoms with Crippen LogP contribution in [0.25, 0.3) is 23.1 Å². The molecule has 0 radical (unpaired) electrons. The fourth-order valence-electron chi connectivity index (χ4n) is 2.28. The van der Waals surface area contributed by atoms with Crippen LogP contribution in [0.4, 0.5) is 0 Å². The number of para-hydroxylation sites is 1. The summed E-state index contributed by atoms with van der Waals surface area (Å²) in [7, 11) is 2.09. The summed E-state index contributed by atoms with van der Waals surface area (Å²) in [5.74, 6) is 0. The predicted octanol–water partition coefficient (Wildman–Crippen LogP) is 1.49. The molecule has 106 valence electrons. The summed E-state index contributed by atoms with van der Waals surface area (Å²) >= 11 is 5.89. The van der Waals surface area contributed by atoms with Gasteiger partial charge in [-0.3, -0.25) is 0 Å². The normalized spacial score (nSPS) is 10.8. The summed E-state index contributed by atoms with van der Waals surface area (Å²) < 4.78 is 2.20. The summed E-state index contributed by atoms with van der Waals surface area (Å²) in [6.45, 7) is 0. The molecule has 21 heavy (non-hydrogen) atoms. The third-order valence-electron chi connectivity index (χ3n) is 3.44. The Morgan fingerprint density at radius 2 is 1.57 bits per heavy atom. The van der Waals surface area contributed by atoms with Gasteiger partial charge in [0.05, 0.1) is 0 Å². The maximum absolute atomic E-state index is 5.89. The van der Waals surface area contributed by atoms with Crippen LogP contribution < -0.4 is 28.5 Å². The van der Waals surface area contributed by atoms with Crippen LogP contribution in [0.15, 0.2) is 60.7 Å². The molecule has 0 spiro atoms. The highest BCUT2D eigenvalue weighted by Crippen LogP contribution is 2.14. The lowest BCUT2D eigenvalue weighted by molar-refractivity contribution is -0.646. The Balaban J connectivity index is 0.00000161. The smallest absolute Gasteiger partial charge is 0.212 e. The highest BCUT2D eigenvalue weighted by molar-refractivity contribution is 6.30. The monoisotopic (exact) mass is 407 g/mol. The average molecular weight is 408 g/mol. The highest BCUT2D eigenvalue weighted by atomic mass is 127. The molecule has 0 aliphatic rings. The first-order chi connectivity index (χ1) is 9.74. The molecule has 0 amide bonds. The number of hydrogen-bond donors (Lipinski definition) is 0. The lowest BCUT2D eigenvalue weighted by atomic mass is 10.1. The largest absolute Gasteiger partial charge is 1.00 e. The zero-order valence-electron chi connectivity index (χ0n) is 11.6. The molecule has 0 bridgehead atoms. The van der Waals surface area contributed by atoms with Gasteiger partial charge in [0.25, 0.3) is 0 Å². The van der Waals surface area contributed by atoms with E-state index in [9.17, 15) is 0 Å². The maximum Gasteiger partial charge on any atom is 0.212 e. The van der Waals surface area contributed by atoms with Gasteiger partial charge in [0.15, 0.2) is 0 Å². The zero-order valence-corrected chi connectivity index (χ0v) is 14.5. The molecule has 0 unspecified atom stereocenters. The van der Waals surface area contributed by atoms with Gasteiger partial charge in [-0.15, -0.1) is 0 Å². The van der Waals surface area contributed by atoms with E-state index in [0.717, 1.165) is 10.6 Å². The van der Waals surface area contributed by atoms with Gasteiger partial charge in [0.1, 0.15) is 7.05 Å². The fraction of sp³-hybridized carbons (Fsp3) is 0.0556. The second kappa shape index (κ2) is 7.05. The van der Waals surface area contributed by atoms with Crippen molar-refractivity contribution in [3.8, 4) is 0 Å². The molecule has 1 aromatic heterocycles. The Bertz CT molecular complexity index is 779. The van der Waals surface area contributed by atoms with Crippen LogP contribution in [0.5, 0.6) is 0 Å². The third kappa shape index (κ3) is 3.63. The number of hydrogen-bond acceptors (Lipinski definition) is 0. The molecule has 3 aromatic rings. The first-order valence-electron chi connectivity index (χ1n) is 6.55. The summed E-state index contributed by atoms with van der Waals surface area (Å²) in [6, 6.07) is 20.5. The van der Waals surface area contributed by atoms with Gasteiger partial charge in [0.2, 0.25) is 11.2 Å². The number of aryl methyl sites for hydroxylation is 1. The van der Waals surface area contributed by atoms with Crippen molar-refractivity contribution in [2.75, 3.05) is 0 Å². The van der Waals surface area contributed by atoms with E-state index in [4.69, 9.17) is 11.6 Å². The Labute approximate surface area is 146 Å². The molecule has 1 nitrogen and oxygen atoms in total. The first kappa shape index (κ1) is 16.0. The van der Waals surface area contributed by atoms with Crippen molar-refractivity contribution < 1.29 is 28.5 Å².